The van der Waals surface area contributed by atoms with Crippen molar-refractivity contribution in [2.24, 2.45) is 0 Å². The summed E-state index contributed by atoms with van der Waals surface area (Å²) in [6.07, 6.45) is 1.81. The lowest BCUT2D eigenvalue weighted by Crippen LogP contribution is -2.67. The lowest BCUT2D eigenvalue weighted by Gasteiger charge is -2.50. The van der Waals surface area contributed by atoms with E-state index in [0.717, 1.165) is 0 Å². The maximum atomic E-state index is 14.0. The molecular weight excluding hydrogens is 472 g/mol. The molecule has 3 rings (SSSR count). The van der Waals surface area contributed by atoms with Crippen LogP contribution in [0, 0.1) is 0 Å². The van der Waals surface area contributed by atoms with Gasteiger partial charge in [0.2, 0.25) is 0 Å². The highest BCUT2D eigenvalue weighted by molar-refractivity contribution is 5.88. The van der Waals surface area contributed by atoms with Crippen molar-refractivity contribution in [1.29, 1.82) is 0 Å². The van der Waals surface area contributed by atoms with Crippen LogP contribution >= 0.6 is 0 Å². The highest BCUT2D eigenvalue weighted by Crippen LogP contribution is 2.49. The fourth-order valence-electron chi connectivity index (χ4n) is 7.98. The molecule has 0 aromatic heterocycles. The van der Waals surface area contributed by atoms with Crippen LogP contribution in [0.5, 0.6) is 0 Å². The van der Waals surface area contributed by atoms with E-state index in [4.69, 9.17) is 4.74 Å². The summed E-state index contributed by atoms with van der Waals surface area (Å²) in [4.78, 5) is 28.8. The first-order valence-corrected chi connectivity index (χ1v) is 13.9. The molecule has 37 heavy (non-hydrogen) atoms. The second-order valence-electron chi connectivity index (χ2n) is 14.6. The molecule has 3 saturated heterocycles. The summed E-state index contributed by atoms with van der Waals surface area (Å²) >= 11 is 0. The van der Waals surface area contributed by atoms with Crippen LogP contribution in [-0.2, 0) is 14.3 Å². The predicted molar refractivity (Wildman–Crippen MR) is 144 cm³/mol. The van der Waals surface area contributed by atoms with E-state index in [1.54, 1.807) is 4.90 Å². The van der Waals surface area contributed by atoms with E-state index in [2.05, 4.69) is 43.6 Å². The number of nitrogens with one attached hydrogen (secondary N) is 3. The quantitative estimate of drug-likeness (QED) is 0.346. The molecule has 3 aliphatic heterocycles. The third-order valence-electron chi connectivity index (χ3n) is 8.21. The van der Waals surface area contributed by atoms with E-state index >= 15 is 0 Å². The van der Waals surface area contributed by atoms with E-state index < -0.39 is 40.0 Å². The van der Waals surface area contributed by atoms with Crippen molar-refractivity contribution in [2.45, 2.75) is 153 Å². The fourth-order valence-corrected chi connectivity index (χ4v) is 7.98. The predicted octanol–water partition coefficient (Wildman–Crippen LogP) is 2.19. The number of nitrogens with zero attached hydrogens (tertiary/aromatic N) is 1. The van der Waals surface area contributed by atoms with Crippen molar-refractivity contribution in [3.8, 4) is 0 Å². The molecule has 5 N–H and O–H groups in total. The fraction of sp³-hybridized carbons (Fsp3) is 0.929. The van der Waals surface area contributed by atoms with Gasteiger partial charge in [0.05, 0.1) is 12.6 Å². The Hall–Kier alpha value is -1.26. The standard InChI is InChI=1S/C28H52N4O5/c1-11-28(12-2)32(21(35)27(37-28)17-24(7,8)31-25(9,10)18-27)14-19(33)13-29-20(34)26(36)15-22(3,4)30-23(5,6)16-26/h19,30-31,33,36H,11-18H2,1-10H3,(H,29,34). The van der Waals surface area contributed by atoms with Gasteiger partial charge in [-0.15, -0.1) is 0 Å². The van der Waals surface area contributed by atoms with Gasteiger partial charge < -0.3 is 35.8 Å². The van der Waals surface area contributed by atoms with Crippen LogP contribution in [0.2, 0.25) is 0 Å². The average molecular weight is 525 g/mol. The summed E-state index contributed by atoms with van der Waals surface area (Å²) in [5.41, 5.74) is -4.74. The molecule has 0 aromatic rings. The second kappa shape index (κ2) is 9.44. The van der Waals surface area contributed by atoms with Crippen molar-refractivity contribution in [2.75, 3.05) is 13.1 Å². The number of rotatable bonds is 7. The molecule has 9 nitrogen and oxygen atoms in total. The number of hydrogen-bond acceptors (Lipinski definition) is 7. The minimum absolute atomic E-state index is 0.0494. The van der Waals surface area contributed by atoms with Crippen molar-refractivity contribution in [1.82, 2.24) is 20.9 Å². The molecule has 1 spiro atoms. The number of ether oxygens (including phenoxy) is 1. The smallest absolute Gasteiger partial charge is 0.257 e. The molecule has 1 atom stereocenters. The molecule has 1 unspecified atom stereocenters. The van der Waals surface area contributed by atoms with Gasteiger partial charge in [-0.2, -0.15) is 0 Å². The summed E-state index contributed by atoms with van der Waals surface area (Å²) in [7, 11) is 0. The van der Waals surface area contributed by atoms with E-state index in [1.165, 1.54) is 0 Å². The third-order valence-corrected chi connectivity index (χ3v) is 8.21. The highest BCUT2D eigenvalue weighted by atomic mass is 16.6. The first-order valence-electron chi connectivity index (χ1n) is 13.9. The van der Waals surface area contributed by atoms with Gasteiger partial charge in [-0.25, -0.2) is 0 Å². The van der Waals surface area contributed by atoms with Crippen LogP contribution in [0.4, 0.5) is 0 Å². The van der Waals surface area contributed by atoms with Crippen molar-refractivity contribution >= 4 is 11.8 Å². The zero-order valence-electron chi connectivity index (χ0n) is 24.8. The lowest BCUT2D eigenvalue weighted by atomic mass is 9.72. The molecule has 2 amide bonds. The first kappa shape index (κ1) is 30.3. The average Bonchev–Trinajstić information content (AvgIpc) is 2.88. The van der Waals surface area contributed by atoms with Crippen LogP contribution in [0.3, 0.4) is 0 Å². The molecule has 3 aliphatic rings. The third kappa shape index (κ3) is 6.16. The van der Waals surface area contributed by atoms with Gasteiger partial charge in [0.15, 0.2) is 5.60 Å². The second-order valence-corrected chi connectivity index (χ2v) is 14.6. The van der Waals surface area contributed by atoms with Crippen LogP contribution in [0.25, 0.3) is 0 Å². The summed E-state index contributed by atoms with van der Waals surface area (Å²) in [6, 6.07) is 0. The molecular formula is C28H52N4O5. The maximum Gasteiger partial charge on any atom is 0.257 e. The van der Waals surface area contributed by atoms with Crippen LogP contribution in [0.15, 0.2) is 0 Å². The van der Waals surface area contributed by atoms with Gasteiger partial charge in [0.25, 0.3) is 11.8 Å². The van der Waals surface area contributed by atoms with Crippen molar-refractivity contribution in [3.63, 3.8) is 0 Å². The Morgan fingerprint density at radius 2 is 1.35 bits per heavy atom. The SMILES string of the molecule is CCC1(CC)OC2(CC(C)(C)NC(C)(C)C2)C(=O)N1CC(O)CNC(=O)C1(O)CC(C)(C)NC(C)(C)C1. The van der Waals surface area contributed by atoms with Crippen LogP contribution < -0.4 is 16.0 Å². The number of β-amino-alcohol motifs (C(OH)–C–C–N with tert-alkyl or cyclic N) is 1. The summed E-state index contributed by atoms with van der Waals surface area (Å²) < 4.78 is 6.75. The Morgan fingerprint density at radius 3 is 1.78 bits per heavy atom. The van der Waals surface area contributed by atoms with Crippen LogP contribution in [0.1, 0.15) is 108 Å². The molecule has 0 radical (unpaired) electrons. The Labute approximate surface area is 223 Å². The van der Waals surface area contributed by atoms with Gasteiger partial charge in [-0.1, -0.05) is 13.8 Å². The number of carbonyl (C=O) groups excluding carboxylic acids is 2. The number of piperidine rings is 2. The van der Waals surface area contributed by atoms with Gasteiger partial charge >= 0.3 is 0 Å². The number of aliphatic hydroxyl groups excluding tert-OH is 1. The summed E-state index contributed by atoms with van der Waals surface area (Å²) in [6.45, 7) is 20.2. The number of aliphatic hydroxyl groups is 2. The molecule has 0 bridgehead atoms. The van der Waals surface area contributed by atoms with E-state index in [-0.39, 0.29) is 42.9 Å². The number of hydrogen-bond donors (Lipinski definition) is 5. The topological polar surface area (TPSA) is 123 Å². The Bertz CT molecular complexity index is 861. The van der Waals surface area contributed by atoms with Gasteiger partial charge in [-0.05, 0) is 68.2 Å². The summed E-state index contributed by atoms with van der Waals surface area (Å²) in [5.74, 6) is -0.585. The normalized spacial score (nSPS) is 29.2. The van der Waals surface area contributed by atoms with E-state index in [1.807, 2.05) is 41.5 Å². The number of carbonyl (C=O) groups is 2. The van der Waals surface area contributed by atoms with Gasteiger partial charge in [0.1, 0.15) is 11.3 Å². The van der Waals surface area contributed by atoms with Crippen molar-refractivity contribution in [3.05, 3.63) is 0 Å². The molecule has 0 saturated carbocycles. The largest absolute Gasteiger partial charge is 0.389 e. The lowest BCUT2D eigenvalue weighted by molar-refractivity contribution is -0.174. The Balaban J connectivity index is 1.74. The minimum atomic E-state index is -1.54. The van der Waals surface area contributed by atoms with E-state index in [0.29, 0.717) is 25.7 Å². The van der Waals surface area contributed by atoms with Crippen LogP contribution in [-0.4, -0.2) is 85.2 Å². The molecule has 3 heterocycles. The zero-order valence-corrected chi connectivity index (χ0v) is 24.8. The molecule has 0 aromatic carbocycles. The monoisotopic (exact) mass is 524 g/mol. The zero-order chi connectivity index (χ0) is 28.3. The highest BCUT2D eigenvalue weighted by Gasteiger charge is 2.64. The van der Waals surface area contributed by atoms with E-state index in [9.17, 15) is 19.8 Å². The summed E-state index contributed by atoms with van der Waals surface area (Å²) in [5, 5.41) is 32.1. The molecule has 214 valence electrons. The minimum Gasteiger partial charge on any atom is -0.389 e. The van der Waals surface area contributed by atoms with Gasteiger partial charge in [-0.3, -0.25) is 9.59 Å². The first-order chi connectivity index (χ1) is 16.6. The maximum absolute atomic E-state index is 14.0. The molecule has 3 fully saturated rings. The van der Waals surface area contributed by atoms with Crippen molar-refractivity contribution < 1.29 is 24.5 Å². The number of amides is 2. The van der Waals surface area contributed by atoms with Gasteiger partial charge in [0, 0.05) is 54.4 Å². The molecule has 9 heteroatoms. The Morgan fingerprint density at radius 1 is 0.919 bits per heavy atom. The Kier molecular flexibility index (Phi) is 7.72. The molecule has 0 aliphatic carbocycles.